The Labute approximate surface area is 142 Å². The molecule has 0 bridgehead atoms. The summed E-state index contributed by atoms with van der Waals surface area (Å²) in [5.74, 6) is -3.70. The average molecular weight is 351 g/mol. The van der Waals surface area contributed by atoms with E-state index >= 15 is 0 Å². The van der Waals surface area contributed by atoms with Gasteiger partial charge in [-0.2, -0.15) is 0 Å². The van der Waals surface area contributed by atoms with Crippen LogP contribution in [0.4, 0.5) is 0 Å². The van der Waals surface area contributed by atoms with Crippen molar-refractivity contribution in [3.63, 3.8) is 0 Å². The average Bonchev–Trinajstić information content (AvgIpc) is 2.49. The molecule has 24 heavy (non-hydrogen) atoms. The predicted octanol–water partition coefficient (Wildman–Crippen LogP) is -0.674. The van der Waals surface area contributed by atoms with Gasteiger partial charge in [0.25, 0.3) is 0 Å². The molecule has 0 aliphatic carbocycles. The van der Waals surface area contributed by atoms with Crippen LogP contribution in [-0.2, 0) is 47.6 Å². The first-order valence-electron chi connectivity index (χ1n) is 8.28. The monoisotopic (exact) mass is 351 g/mol. The van der Waals surface area contributed by atoms with E-state index < -0.39 is 61.6 Å². The number of esters is 4. The van der Waals surface area contributed by atoms with Gasteiger partial charge in [-0.15, -0.1) is 0 Å². The smallest absolute Gasteiger partial charge is 0.339 e. The van der Waals surface area contributed by atoms with Crippen LogP contribution in [0.5, 0.6) is 0 Å². The summed E-state index contributed by atoms with van der Waals surface area (Å²) in [7, 11) is -2.01. The zero-order valence-electron chi connectivity index (χ0n) is 16.5. The number of hydrogen-bond donors (Lipinski definition) is 0. The first-order valence-corrected chi connectivity index (χ1v) is 6.78. The van der Waals surface area contributed by atoms with Crippen molar-refractivity contribution in [1.82, 2.24) is 0 Å². The molecule has 0 amide bonds. The lowest BCUT2D eigenvalue weighted by molar-refractivity contribution is -0.296. The fourth-order valence-electron chi connectivity index (χ4n) is 2.17. The molecule has 0 N–H and O–H groups in total. The van der Waals surface area contributed by atoms with E-state index in [1.807, 2.05) is 0 Å². The predicted molar refractivity (Wildman–Crippen MR) is 74.3 cm³/mol. The van der Waals surface area contributed by atoms with Crippen LogP contribution in [0.3, 0.4) is 0 Å². The molecule has 0 saturated carbocycles. The molecular formula is C14H20O10. The lowest BCUT2D eigenvalue weighted by atomic mass is 9.97. The molecule has 1 saturated heterocycles. The minimum Gasteiger partial charge on any atom is -0.467 e. The second-order valence-corrected chi connectivity index (χ2v) is 4.79. The van der Waals surface area contributed by atoms with Crippen molar-refractivity contribution < 1.29 is 51.7 Å². The highest BCUT2D eigenvalue weighted by Crippen LogP contribution is 2.29. The fourth-order valence-corrected chi connectivity index (χ4v) is 2.17. The van der Waals surface area contributed by atoms with Gasteiger partial charge in [0.15, 0.2) is 30.7 Å². The lowest BCUT2D eigenvalue weighted by Crippen LogP contribution is -2.63. The Morgan fingerprint density at radius 3 is 1.83 bits per heavy atom. The molecule has 0 radical (unpaired) electrons. The van der Waals surface area contributed by atoms with Gasteiger partial charge < -0.3 is 28.4 Å². The molecule has 1 rings (SSSR count). The summed E-state index contributed by atoms with van der Waals surface area (Å²) in [5.41, 5.74) is 0. The molecule has 10 heteroatoms. The Morgan fingerprint density at radius 1 is 0.875 bits per heavy atom. The van der Waals surface area contributed by atoms with Crippen molar-refractivity contribution in [2.24, 2.45) is 0 Å². The molecule has 0 unspecified atom stereocenters. The molecule has 1 aliphatic heterocycles. The van der Waals surface area contributed by atoms with Crippen molar-refractivity contribution in [2.75, 3.05) is 14.1 Å². The largest absolute Gasteiger partial charge is 0.467 e. The van der Waals surface area contributed by atoms with Crippen LogP contribution in [-0.4, -0.2) is 68.7 Å². The van der Waals surface area contributed by atoms with Crippen LogP contribution >= 0.6 is 0 Å². The molecule has 0 aromatic rings. The highest BCUT2D eigenvalue weighted by Gasteiger charge is 2.54. The Kier molecular flexibility index (Phi) is 5.49. The van der Waals surface area contributed by atoms with Crippen molar-refractivity contribution in [2.45, 2.75) is 51.5 Å². The summed E-state index contributed by atoms with van der Waals surface area (Å²) < 4.78 is 51.2. The van der Waals surface area contributed by atoms with Crippen LogP contribution in [0, 0.1) is 0 Å². The Hall–Kier alpha value is -2.20. The normalized spacial score (nSPS) is 31.7. The molecule has 1 heterocycles. The summed E-state index contributed by atoms with van der Waals surface area (Å²) in [6, 6.07) is 0. The van der Waals surface area contributed by atoms with E-state index in [0.29, 0.717) is 0 Å². The highest BCUT2D eigenvalue weighted by molar-refractivity contribution is 5.77. The number of methoxy groups -OCH3 is 2. The topological polar surface area (TPSA) is 124 Å². The second kappa shape index (κ2) is 8.60. The molecule has 0 spiro atoms. The van der Waals surface area contributed by atoms with E-state index in [1.54, 1.807) is 0 Å². The molecule has 5 atom stereocenters. The van der Waals surface area contributed by atoms with E-state index in [2.05, 4.69) is 4.74 Å². The van der Waals surface area contributed by atoms with Crippen molar-refractivity contribution >= 4 is 23.9 Å². The summed E-state index contributed by atoms with van der Waals surface area (Å²) in [6.07, 6.45) is -8.37. The second-order valence-electron chi connectivity index (χ2n) is 4.79. The molecule has 0 aromatic heterocycles. The Balaban J connectivity index is 3.40. The van der Waals surface area contributed by atoms with Crippen LogP contribution in [0.15, 0.2) is 0 Å². The van der Waals surface area contributed by atoms with E-state index in [4.69, 9.17) is 27.8 Å². The first kappa shape index (κ1) is 15.3. The van der Waals surface area contributed by atoms with Gasteiger partial charge in [0.1, 0.15) is 0 Å². The number of hydrogen-bond acceptors (Lipinski definition) is 10. The van der Waals surface area contributed by atoms with E-state index in [9.17, 15) is 19.2 Å². The maximum Gasteiger partial charge on any atom is 0.339 e. The minimum absolute atomic E-state index is 0.869. The van der Waals surface area contributed by atoms with E-state index in [0.717, 1.165) is 27.9 Å². The number of carbonyl (C=O) groups excluding carboxylic acids is 4. The third kappa shape index (κ3) is 4.90. The molecule has 1 fully saturated rings. The minimum atomic E-state index is -3.02. The van der Waals surface area contributed by atoms with Gasteiger partial charge in [0.2, 0.25) is 0 Å². The number of carbonyl (C=O) groups is 4. The zero-order chi connectivity index (χ0) is 20.9. The molecular weight excluding hydrogens is 328 g/mol. The number of rotatable bonds is 5. The third-order valence-electron chi connectivity index (χ3n) is 2.95. The van der Waals surface area contributed by atoms with Gasteiger partial charge >= 0.3 is 23.9 Å². The van der Waals surface area contributed by atoms with E-state index in [1.165, 1.54) is 0 Å². The zero-order valence-corrected chi connectivity index (χ0v) is 13.5. The molecule has 1 aliphatic rings. The lowest BCUT2D eigenvalue weighted by Gasteiger charge is -2.42. The van der Waals surface area contributed by atoms with Crippen molar-refractivity contribution in [3.8, 4) is 0 Å². The molecule has 0 aromatic carbocycles. The van der Waals surface area contributed by atoms with Gasteiger partial charge in [-0.3, -0.25) is 14.4 Å². The highest BCUT2D eigenvalue weighted by atomic mass is 16.7. The summed E-state index contributed by atoms with van der Waals surface area (Å²) in [6.45, 7) is 3.04. The van der Waals surface area contributed by atoms with Crippen molar-refractivity contribution in [1.29, 1.82) is 0 Å². The standard InChI is InChI=1S/C14H20O10/c1-6(15)21-9-10(22-7(2)16)12(23-8(3)17)14(20-5)24-11(9)13(18)19-4/h9-12,14H,1-5H3/t9-,10-,11-,12+,14+/m0/s1/i5D3. The number of ether oxygens (including phenoxy) is 6. The molecule has 10 nitrogen and oxygen atoms in total. The van der Waals surface area contributed by atoms with Crippen LogP contribution in [0.25, 0.3) is 0 Å². The van der Waals surface area contributed by atoms with E-state index in [-0.39, 0.29) is 0 Å². The summed E-state index contributed by atoms with van der Waals surface area (Å²) >= 11 is 0. The van der Waals surface area contributed by atoms with Crippen LogP contribution in [0.2, 0.25) is 0 Å². The maximum atomic E-state index is 12.0. The molecule has 136 valence electrons. The fraction of sp³-hybridized carbons (Fsp3) is 0.714. The van der Waals surface area contributed by atoms with Crippen LogP contribution in [0.1, 0.15) is 24.9 Å². The van der Waals surface area contributed by atoms with Crippen LogP contribution < -0.4 is 0 Å². The first-order chi connectivity index (χ1) is 12.4. The Bertz CT molecular complexity index is 590. The van der Waals surface area contributed by atoms with Gasteiger partial charge in [-0.25, -0.2) is 4.79 Å². The van der Waals surface area contributed by atoms with Gasteiger partial charge in [-0.1, -0.05) is 0 Å². The van der Waals surface area contributed by atoms with Gasteiger partial charge in [0, 0.05) is 27.8 Å². The SMILES string of the molecule is [2H]C([2H])([2H])O[C@@H]1O[C@H](C(=O)OC)[C@@H](OC(C)=O)[C@H](OC(C)=O)[C@H]1OC(C)=O. The van der Waals surface area contributed by atoms with Gasteiger partial charge in [0.05, 0.1) is 11.2 Å². The Morgan fingerprint density at radius 2 is 1.38 bits per heavy atom. The van der Waals surface area contributed by atoms with Gasteiger partial charge in [-0.05, 0) is 0 Å². The summed E-state index contributed by atoms with van der Waals surface area (Å²) in [5, 5.41) is 0. The third-order valence-corrected chi connectivity index (χ3v) is 2.95. The quantitative estimate of drug-likeness (QED) is 0.465. The van der Waals surface area contributed by atoms with Crippen molar-refractivity contribution in [3.05, 3.63) is 0 Å². The maximum absolute atomic E-state index is 12.0. The summed E-state index contributed by atoms with van der Waals surface area (Å²) in [4.78, 5) is 46.4.